The van der Waals surface area contributed by atoms with Gasteiger partial charge in [0.05, 0.1) is 5.75 Å². The van der Waals surface area contributed by atoms with E-state index < -0.39 is 0 Å². The van der Waals surface area contributed by atoms with Crippen LogP contribution in [0.4, 0.5) is 0 Å². The predicted octanol–water partition coefficient (Wildman–Crippen LogP) is 3.07. The van der Waals surface area contributed by atoms with Gasteiger partial charge in [0.15, 0.2) is 5.82 Å². The Morgan fingerprint density at radius 2 is 2.04 bits per heavy atom. The molecule has 4 rings (SSSR count). The number of rotatable bonds is 6. The molecule has 3 aliphatic rings. The smallest absolute Gasteiger partial charge is 0.230 e. The van der Waals surface area contributed by atoms with E-state index in [1.165, 1.54) is 56.7 Å². The van der Waals surface area contributed by atoms with Gasteiger partial charge >= 0.3 is 0 Å². The predicted molar refractivity (Wildman–Crippen MR) is 103 cm³/mol. The third-order valence-electron chi connectivity index (χ3n) is 6.82. The summed E-state index contributed by atoms with van der Waals surface area (Å²) in [6, 6.07) is 0.270. The molecule has 0 saturated heterocycles. The molecule has 4 unspecified atom stereocenters. The zero-order chi connectivity index (χ0) is 18.1. The molecule has 3 N–H and O–H groups in total. The Kier molecular flexibility index (Phi) is 5.43. The molecule has 144 valence electrons. The van der Waals surface area contributed by atoms with Crippen LogP contribution in [0.25, 0.3) is 0 Å². The second kappa shape index (κ2) is 7.79. The molecule has 3 saturated carbocycles. The number of amides is 1. The minimum absolute atomic E-state index is 0.0764. The maximum atomic E-state index is 12.4. The van der Waals surface area contributed by atoms with Crippen molar-refractivity contribution in [1.82, 2.24) is 20.2 Å². The van der Waals surface area contributed by atoms with E-state index in [0.717, 1.165) is 30.5 Å². The maximum Gasteiger partial charge on any atom is 0.230 e. The number of nitrogens with two attached hydrogens (primary N) is 1. The quantitative estimate of drug-likeness (QED) is 0.588. The van der Waals surface area contributed by atoms with Crippen LogP contribution in [0.1, 0.15) is 76.5 Å². The number of nitrogen functional groups attached to an aromatic ring is 1. The Labute approximate surface area is 160 Å². The average molecular weight is 378 g/mol. The summed E-state index contributed by atoms with van der Waals surface area (Å²) < 4.78 is 1.60. The molecule has 1 heterocycles. The minimum atomic E-state index is 0.0764. The molecule has 3 fully saturated rings. The SMILES string of the molecule is CC(NC(=O)CSc1nnc(C2CCCCC2)n1N)C1CC2CCC1C2. The molecule has 0 aliphatic heterocycles. The number of carbonyl (C=O) groups excluding carboxylic acids is 1. The van der Waals surface area contributed by atoms with Crippen molar-refractivity contribution in [3.05, 3.63) is 5.82 Å². The van der Waals surface area contributed by atoms with Gasteiger partial charge in [-0.2, -0.15) is 0 Å². The van der Waals surface area contributed by atoms with Crippen molar-refractivity contribution in [1.29, 1.82) is 0 Å². The second-order valence-corrected chi connectivity index (χ2v) is 9.47. The van der Waals surface area contributed by atoms with Crippen LogP contribution in [0.3, 0.4) is 0 Å². The van der Waals surface area contributed by atoms with Crippen molar-refractivity contribution in [2.75, 3.05) is 11.6 Å². The molecule has 1 aromatic rings. The number of nitrogens with one attached hydrogen (secondary N) is 1. The first-order valence-electron chi connectivity index (χ1n) is 10.2. The first-order chi connectivity index (χ1) is 12.6. The number of hydrogen-bond donors (Lipinski definition) is 2. The fourth-order valence-corrected chi connectivity index (χ4v) is 6.14. The first-order valence-corrected chi connectivity index (χ1v) is 11.2. The second-order valence-electron chi connectivity index (χ2n) is 8.53. The summed E-state index contributed by atoms with van der Waals surface area (Å²) in [4.78, 5) is 12.4. The normalized spacial score (nSPS) is 29.8. The van der Waals surface area contributed by atoms with Crippen molar-refractivity contribution in [2.24, 2.45) is 17.8 Å². The van der Waals surface area contributed by atoms with Crippen molar-refractivity contribution in [3.63, 3.8) is 0 Å². The Morgan fingerprint density at radius 3 is 2.73 bits per heavy atom. The highest BCUT2D eigenvalue weighted by molar-refractivity contribution is 7.99. The van der Waals surface area contributed by atoms with E-state index in [-0.39, 0.29) is 11.9 Å². The molecule has 0 spiro atoms. The molecule has 3 aliphatic carbocycles. The van der Waals surface area contributed by atoms with Gasteiger partial charge in [-0.1, -0.05) is 37.4 Å². The van der Waals surface area contributed by atoms with Crippen LogP contribution in [-0.2, 0) is 4.79 Å². The average Bonchev–Trinajstić information content (AvgIpc) is 3.36. The summed E-state index contributed by atoms with van der Waals surface area (Å²) in [6.45, 7) is 2.17. The van der Waals surface area contributed by atoms with Crippen molar-refractivity contribution in [3.8, 4) is 0 Å². The van der Waals surface area contributed by atoms with Gasteiger partial charge in [0.1, 0.15) is 0 Å². The van der Waals surface area contributed by atoms with Gasteiger partial charge in [0.2, 0.25) is 11.1 Å². The minimum Gasteiger partial charge on any atom is -0.353 e. The number of carbonyl (C=O) groups is 1. The summed E-state index contributed by atoms with van der Waals surface area (Å²) in [5.74, 6) is 10.3. The Morgan fingerprint density at radius 1 is 1.23 bits per heavy atom. The van der Waals surface area contributed by atoms with E-state index in [1.54, 1.807) is 4.68 Å². The molecule has 1 amide bonds. The van der Waals surface area contributed by atoms with Crippen LogP contribution in [-0.4, -0.2) is 32.6 Å². The number of hydrogen-bond acceptors (Lipinski definition) is 5. The topological polar surface area (TPSA) is 85.8 Å². The molecule has 1 aromatic heterocycles. The summed E-state index contributed by atoms with van der Waals surface area (Å²) in [7, 11) is 0. The zero-order valence-electron chi connectivity index (χ0n) is 15.7. The van der Waals surface area contributed by atoms with E-state index in [1.807, 2.05) is 0 Å². The monoisotopic (exact) mass is 377 g/mol. The molecule has 6 nitrogen and oxygen atoms in total. The van der Waals surface area contributed by atoms with E-state index in [9.17, 15) is 4.79 Å². The summed E-state index contributed by atoms with van der Waals surface area (Å²) >= 11 is 1.39. The van der Waals surface area contributed by atoms with Crippen molar-refractivity contribution < 1.29 is 4.79 Å². The molecular formula is C19H31N5OS. The molecule has 2 bridgehead atoms. The molecular weight excluding hydrogens is 346 g/mol. The van der Waals surface area contributed by atoms with E-state index in [2.05, 4.69) is 22.4 Å². The lowest BCUT2D eigenvalue weighted by atomic mass is 9.84. The highest BCUT2D eigenvalue weighted by Gasteiger charge is 2.42. The molecule has 0 radical (unpaired) electrons. The summed E-state index contributed by atoms with van der Waals surface area (Å²) in [5.41, 5.74) is 0. The summed E-state index contributed by atoms with van der Waals surface area (Å²) in [5, 5.41) is 12.4. The van der Waals surface area contributed by atoms with Gasteiger partial charge in [0.25, 0.3) is 0 Å². The van der Waals surface area contributed by atoms with Crippen LogP contribution in [0.5, 0.6) is 0 Å². The van der Waals surface area contributed by atoms with E-state index in [4.69, 9.17) is 5.84 Å². The van der Waals surface area contributed by atoms with E-state index >= 15 is 0 Å². The first kappa shape index (κ1) is 18.1. The highest BCUT2D eigenvalue weighted by atomic mass is 32.2. The highest BCUT2D eigenvalue weighted by Crippen LogP contribution is 2.49. The fourth-order valence-electron chi connectivity index (χ4n) is 5.46. The lowest BCUT2D eigenvalue weighted by Crippen LogP contribution is -2.41. The van der Waals surface area contributed by atoms with Gasteiger partial charge in [-0.05, 0) is 56.8 Å². The Bertz CT molecular complexity index is 642. The fraction of sp³-hybridized carbons (Fsp3) is 0.842. The summed E-state index contributed by atoms with van der Waals surface area (Å²) in [6.07, 6.45) is 11.5. The van der Waals surface area contributed by atoms with Gasteiger partial charge in [0, 0.05) is 12.0 Å². The van der Waals surface area contributed by atoms with E-state index in [0.29, 0.717) is 22.7 Å². The van der Waals surface area contributed by atoms with Crippen LogP contribution in [0.2, 0.25) is 0 Å². The van der Waals surface area contributed by atoms with Crippen molar-refractivity contribution in [2.45, 2.75) is 81.8 Å². The number of fused-ring (bicyclic) bond motifs is 2. The molecule has 7 heteroatoms. The van der Waals surface area contributed by atoms with Gasteiger partial charge in [-0.25, -0.2) is 4.68 Å². The molecule has 0 aromatic carbocycles. The van der Waals surface area contributed by atoms with Crippen LogP contribution in [0.15, 0.2) is 5.16 Å². The van der Waals surface area contributed by atoms with Gasteiger partial charge in [-0.15, -0.1) is 10.2 Å². The lowest BCUT2D eigenvalue weighted by molar-refractivity contribution is -0.119. The largest absolute Gasteiger partial charge is 0.353 e. The number of aromatic nitrogens is 3. The Balaban J connectivity index is 1.27. The maximum absolute atomic E-state index is 12.4. The van der Waals surface area contributed by atoms with Gasteiger partial charge in [-0.3, -0.25) is 4.79 Å². The lowest BCUT2D eigenvalue weighted by Gasteiger charge is -2.28. The Hall–Kier alpha value is -1.24. The molecule has 26 heavy (non-hydrogen) atoms. The number of thioether (sulfide) groups is 1. The third kappa shape index (κ3) is 3.73. The van der Waals surface area contributed by atoms with Crippen molar-refractivity contribution >= 4 is 17.7 Å². The molecule has 4 atom stereocenters. The van der Waals surface area contributed by atoms with Gasteiger partial charge < -0.3 is 11.2 Å². The zero-order valence-corrected chi connectivity index (χ0v) is 16.5. The number of nitrogens with zero attached hydrogens (tertiary/aromatic N) is 3. The van der Waals surface area contributed by atoms with Crippen LogP contribution >= 0.6 is 11.8 Å². The van der Waals surface area contributed by atoms with Crippen LogP contribution in [0, 0.1) is 17.8 Å². The van der Waals surface area contributed by atoms with Crippen LogP contribution < -0.4 is 11.2 Å². The standard InChI is InChI=1S/C19H31N5OS/c1-12(16-10-13-7-8-15(16)9-13)21-17(25)11-26-19-23-22-18(24(19)20)14-5-3-2-4-6-14/h12-16H,2-11,20H2,1H3,(H,21,25). The third-order valence-corrected chi connectivity index (χ3v) is 7.76.